The van der Waals surface area contributed by atoms with Gasteiger partial charge >= 0.3 is 0 Å². The lowest BCUT2D eigenvalue weighted by molar-refractivity contribution is 0.174. The molecule has 0 atom stereocenters. The minimum absolute atomic E-state index is 0.0122. The fraction of sp³-hybridized carbons (Fsp3) is 0.0370. The largest absolute Gasteiger partial charge is 0.454 e. The number of sulfonamides is 1. The van der Waals surface area contributed by atoms with E-state index in [2.05, 4.69) is 14.7 Å². The van der Waals surface area contributed by atoms with Gasteiger partial charge in [-0.05, 0) is 54.6 Å². The highest BCUT2D eigenvalue weighted by Gasteiger charge is 2.20. The van der Waals surface area contributed by atoms with E-state index < -0.39 is 10.0 Å². The topological polar surface area (TPSA) is 114 Å². The second-order valence-electron chi connectivity index (χ2n) is 8.10. The summed E-state index contributed by atoms with van der Waals surface area (Å²) in [5.74, 6) is 2.30. The van der Waals surface area contributed by atoms with E-state index in [0.717, 1.165) is 5.69 Å². The Kier molecular flexibility index (Phi) is 6.02. The Labute approximate surface area is 218 Å². The molecule has 2 aromatic heterocycles. The van der Waals surface area contributed by atoms with Crippen molar-refractivity contribution in [2.24, 2.45) is 0 Å². The Bertz CT molecular complexity index is 1680. The highest BCUT2D eigenvalue weighted by Crippen LogP contribution is 2.38. The predicted molar refractivity (Wildman–Crippen MR) is 138 cm³/mol. The van der Waals surface area contributed by atoms with E-state index in [0.29, 0.717) is 23.0 Å². The summed E-state index contributed by atoms with van der Waals surface area (Å²) in [4.78, 5) is 8.61. The molecule has 5 aromatic rings. The van der Waals surface area contributed by atoms with Crippen LogP contribution < -0.4 is 23.7 Å². The van der Waals surface area contributed by atoms with E-state index in [-0.39, 0.29) is 29.1 Å². The van der Waals surface area contributed by atoms with Crippen LogP contribution >= 0.6 is 0 Å². The van der Waals surface area contributed by atoms with Crippen molar-refractivity contribution in [3.05, 3.63) is 104 Å². The first-order valence-corrected chi connectivity index (χ1v) is 12.9. The highest BCUT2D eigenvalue weighted by atomic mass is 32.2. The molecule has 6 rings (SSSR count). The fourth-order valence-electron chi connectivity index (χ4n) is 3.71. The van der Waals surface area contributed by atoms with Crippen molar-refractivity contribution in [3.63, 3.8) is 0 Å². The van der Waals surface area contributed by atoms with Crippen LogP contribution in [0, 0.1) is 0 Å². The van der Waals surface area contributed by atoms with Crippen molar-refractivity contribution >= 4 is 15.7 Å². The Morgan fingerprint density at radius 1 is 0.842 bits per heavy atom. The molecule has 0 radical (unpaired) electrons. The summed E-state index contributed by atoms with van der Waals surface area (Å²) in [5, 5.41) is 0. The maximum Gasteiger partial charge on any atom is 0.262 e. The van der Waals surface area contributed by atoms with Gasteiger partial charge in [-0.15, -0.1) is 0 Å². The van der Waals surface area contributed by atoms with Crippen LogP contribution in [0.3, 0.4) is 0 Å². The number of anilines is 1. The maximum atomic E-state index is 13.0. The average Bonchev–Trinajstić information content (AvgIpc) is 3.64. The van der Waals surface area contributed by atoms with Crippen LogP contribution in [0.4, 0.5) is 5.69 Å². The molecule has 0 amide bonds. The molecular formula is C27H20N4O6S. The van der Waals surface area contributed by atoms with Gasteiger partial charge in [0, 0.05) is 30.2 Å². The van der Waals surface area contributed by atoms with Crippen molar-refractivity contribution in [1.29, 1.82) is 0 Å². The van der Waals surface area contributed by atoms with E-state index in [1.54, 1.807) is 67.1 Å². The molecule has 0 bridgehead atoms. The first-order valence-electron chi connectivity index (χ1n) is 11.5. The number of aromatic nitrogens is 3. The highest BCUT2D eigenvalue weighted by molar-refractivity contribution is 7.92. The van der Waals surface area contributed by atoms with Crippen LogP contribution in [-0.4, -0.2) is 29.7 Å². The van der Waals surface area contributed by atoms with Gasteiger partial charge in [0.25, 0.3) is 10.0 Å². The van der Waals surface area contributed by atoms with Crippen LogP contribution in [0.5, 0.6) is 34.8 Å². The molecule has 0 unspecified atom stereocenters. The van der Waals surface area contributed by atoms with E-state index in [9.17, 15) is 8.42 Å². The lowest BCUT2D eigenvalue weighted by atomic mass is 10.3. The molecule has 190 valence electrons. The van der Waals surface area contributed by atoms with Crippen molar-refractivity contribution < 1.29 is 27.4 Å². The summed E-state index contributed by atoms with van der Waals surface area (Å²) in [6.45, 7) is 0.144. The van der Waals surface area contributed by atoms with Gasteiger partial charge < -0.3 is 23.5 Å². The lowest BCUT2D eigenvalue weighted by Crippen LogP contribution is -2.14. The van der Waals surface area contributed by atoms with Crippen LogP contribution in [0.15, 0.2) is 109 Å². The number of hydrogen-bond acceptors (Lipinski definition) is 8. The third kappa shape index (κ3) is 4.95. The van der Waals surface area contributed by atoms with Crippen LogP contribution in [0.25, 0.3) is 5.69 Å². The normalized spacial score (nSPS) is 12.2. The van der Waals surface area contributed by atoms with Gasteiger partial charge in [-0.3, -0.25) is 4.72 Å². The summed E-state index contributed by atoms with van der Waals surface area (Å²) in [5.41, 5.74) is 1.03. The molecular weight excluding hydrogens is 508 g/mol. The molecule has 11 heteroatoms. The number of ether oxygens (including phenoxy) is 4. The monoisotopic (exact) mass is 528 g/mol. The summed E-state index contributed by atoms with van der Waals surface area (Å²) < 4.78 is 53.1. The van der Waals surface area contributed by atoms with Crippen LogP contribution in [0.1, 0.15) is 0 Å². The van der Waals surface area contributed by atoms with Gasteiger partial charge in [0.2, 0.25) is 18.6 Å². The van der Waals surface area contributed by atoms with Gasteiger partial charge in [0.1, 0.15) is 17.2 Å². The van der Waals surface area contributed by atoms with Crippen LogP contribution in [0.2, 0.25) is 0 Å². The third-order valence-corrected chi connectivity index (χ3v) is 6.93. The molecule has 1 aliphatic rings. The molecule has 38 heavy (non-hydrogen) atoms. The molecule has 3 heterocycles. The minimum Gasteiger partial charge on any atom is -0.454 e. The van der Waals surface area contributed by atoms with Gasteiger partial charge in [-0.1, -0.05) is 18.2 Å². The number of benzene rings is 3. The van der Waals surface area contributed by atoms with Gasteiger partial charge in [-0.2, -0.15) is 4.98 Å². The summed E-state index contributed by atoms with van der Waals surface area (Å²) in [7, 11) is -3.89. The minimum atomic E-state index is -3.89. The zero-order valence-corrected chi connectivity index (χ0v) is 20.5. The Hall–Kier alpha value is -5.03. The van der Waals surface area contributed by atoms with Crippen molar-refractivity contribution in [1.82, 2.24) is 14.5 Å². The second kappa shape index (κ2) is 9.79. The molecule has 0 fully saturated rings. The van der Waals surface area contributed by atoms with Crippen molar-refractivity contribution in [2.75, 3.05) is 11.5 Å². The Balaban J connectivity index is 1.31. The van der Waals surface area contributed by atoms with E-state index in [4.69, 9.17) is 18.9 Å². The SMILES string of the molecule is O=S(=O)(Nc1ccc(Oc2ccc3c(c2)OCO3)nc1Oc1ccc(-n2ccnc2)cc1)c1ccccc1. The Morgan fingerprint density at radius 3 is 2.42 bits per heavy atom. The molecule has 10 nitrogen and oxygen atoms in total. The number of fused-ring (bicyclic) bond motifs is 1. The predicted octanol–water partition coefficient (Wildman–Crippen LogP) is 5.38. The second-order valence-corrected chi connectivity index (χ2v) is 9.79. The number of hydrogen-bond donors (Lipinski definition) is 1. The van der Waals surface area contributed by atoms with E-state index in [1.807, 2.05) is 22.9 Å². The summed E-state index contributed by atoms with van der Waals surface area (Å²) >= 11 is 0. The molecule has 1 N–H and O–H groups in total. The molecule has 0 aliphatic carbocycles. The summed E-state index contributed by atoms with van der Waals surface area (Å²) in [6, 6.07) is 23.4. The van der Waals surface area contributed by atoms with Gasteiger partial charge in [0.05, 0.1) is 11.2 Å². The molecule has 0 saturated carbocycles. The number of imidazole rings is 1. The standard InChI is InChI=1S/C27H20N4O6S/c32-38(33,22-4-2-1-3-5-22)30-23-11-13-26(36-21-10-12-24-25(16-21)35-18-34-24)29-27(23)37-20-8-6-19(7-9-20)31-15-14-28-17-31/h1-17,30H,18H2. The third-order valence-electron chi connectivity index (χ3n) is 5.55. The van der Waals surface area contributed by atoms with E-state index >= 15 is 0 Å². The fourth-order valence-corrected chi connectivity index (χ4v) is 4.79. The van der Waals surface area contributed by atoms with Gasteiger partial charge in [-0.25, -0.2) is 13.4 Å². The van der Waals surface area contributed by atoms with Crippen molar-refractivity contribution in [2.45, 2.75) is 4.90 Å². The number of pyridine rings is 1. The van der Waals surface area contributed by atoms with E-state index in [1.165, 1.54) is 18.2 Å². The summed E-state index contributed by atoms with van der Waals surface area (Å²) in [6.07, 6.45) is 5.20. The zero-order valence-electron chi connectivity index (χ0n) is 19.7. The van der Waals surface area contributed by atoms with Crippen LogP contribution in [-0.2, 0) is 10.0 Å². The number of rotatable bonds is 8. The molecule has 0 spiro atoms. The smallest absolute Gasteiger partial charge is 0.262 e. The lowest BCUT2D eigenvalue weighted by Gasteiger charge is -2.14. The quantitative estimate of drug-likeness (QED) is 0.286. The first kappa shape index (κ1) is 23.4. The van der Waals surface area contributed by atoms with Crippen molar-refractivity contribution in [3.8, 4) is 40.4 Å². The molecule has 3 aromatic carbocycles. The Morgan fingerprint density at radius 2 is 1.63 bits per heavy atom. The zero-order chi connectivity index (χ0) is 26.0. The number of nitrogens with zero attached hydrogens (tertiary/aromatic N) is 3. The first-order chi connectivity index (χ1) is 18.5. The average molecular weight is 529 g/mol. The maximum absolute atomic E-state index is 13.0. The number of nitrogens with one attached hydrogen (secondary N) is 1. The molecule has 1 aliphatic heterocycles. The molecule has 0 saturated heterocycles. The van der Waals surface area contributed by atoms with Gasteiger partial charge in [0.15, 0.2) is 11.5 Å².